The molecule has 0 unspecified atom stereocenters. The van der Waals surface area contributed by atoms with E-state index in [0.717, 1.165) is 0 Å². The molecule has 0 bridgehead atoms. The number of halogens is 3. The van der Waals surface area contributed by atoms with Gasteiger partial charge in [-0.3, -0.25) is 0 Å². The van der Waals surface area contributed by atoms with Crippen LogP contribution >= 0.6 is 0 Å². The summed E-state index contributed by atoms with van der Waals surface area (Å²) in [4.78, 5) is 12.8. The predicted octanol–water partition coefficient (Wildman–Crippen LogP) is 2.44. The van der Waals surface area contributed by atoms with Crippen molar-refractivity contribution in [1.82, 2.24) is 0 Å². The maximum absolute atomic E-state index is 12.2. The van der Waals surface area contributed by atoms with Crippen LogP contribution in [-0.2, 0) is 4.74 Å². The molecular weight excluding hydrogens is 261 g/mol. The van der Waals surface area contributed by atoms with Crippen molar-refractivity contribution in [2.45, 2.75) is 12.6 Å². The number of nitrogen functional groups attached to an aromatic ring is 1. The fourth-order valence-corrected chi connectivity index (χ4v) is 1.59. The van der Waals surface area contributed by atoms with Gasteiger partial charge in [0.15, 0.2) is 0 Å². The Labute approximate surface area is 108 Å². The van der Waals surface area contributed by atoms with Crippen LogP contribution in [0.25, 0.3) is 0 Å². The minimum atomic E-state index is -4.23. The molecule has 1 rings (SSSR count). The fraction of sp³-hybridized carbons (Fsp3) is 0.417. The van der Waals surface area contributed by atoms with Crippen molar-refractivity contribution in [3.05, 3.63) is 23.8 Å². The number of anilines is 2. The molecule has 0 amide bonds. The first-order chi connectivity index (χ1) is 8.76. The van der Waals surface area contributed by atoms with Crippen LogP contribution in [0.4, 0.5) is 24.5 Å². The highest BCUT2D eigenvalue weighted by atomic mass is 19.4. The predicted molar refractivity (Wildman–Crippen MR) is 66.1 cm³/mol. The van der Waals surface area contributed by atoms with Crippen LogP contribution < -0.4 is 10.6 Å². The smallest absolute Gasteiger partial charge is 0.390 e. The van der Waals surface area contributed by atoms with Gasteiger partial charge in [-0.1, -0.05) is 6.07 Å². The number of hydrogen-bond donors (Lipinski definition) is 1. The van der Waals surface area contributed by atoms with Crippen molar-refractivity contribution in [1.29, 1.82) is 0 Å². The Balaban J connectivity index is 2.92. The van der Waals surface area contributed by atoms with Gasteiger partial charge in [-0.2, -0.15) is 13.2 Å². The fourth-order valence-electron chi connectivity index (χ4n) is 1.59. The van der Waals surface area contributed by atoms with E-state index in [1.165, 1.54) is 25.1 Å². The van der Waals surface area contributed by atoms with Gasteiger partial charge in [0.25, 0.3) is 0 Å². The Bertz CT molecular complexity index is 461. The number of ether oxygens (including phenoxy) is 1. The first kappa shape index (κ1) is 15.1. The number of carbonyl (C=O) groups excluding carboxylic acids is 1. The lowest BCUT2D eigenvalue weighted by atomic mass is 10.1. The quantitative estimate of drug-likeness (QED) is 0.678. The summed E-state index contributed by atoms with van der Waals surface area (Å²) in [6.07, 6.45) is -5.19. The average molecular weight is 276 g/mol. The molecule has 2 N–H and O–H groups in total. The summed E-state index contributed by atoms with van der Waals surface area (Å²) in [5.41, 5.74) is 6.39. The van der Waals surface area contributed by atoms with Gasteiger partial charge in [0.05, 0.1) is 30.5 Å². The number of methoxy groups -OCH3 is 1. The summed E-state index contributed by atoms with van der Waals surface area (Å²) in [7, 11) is 2.69. The van der Waals surface area contributed by atoms with Crippen LogP contribution in [0.2, 0.25) is 0 Å². The van der Waals surface area contributed by atoms with E-state index < -0.39 is 18.6 Å². The van der Waals surface area contributed by atoms with E-state index in [9.17, 15) is 18.0 Å². The maximum atomic E-state index is 12.2. The molecule has 0 aliphatic heterocycles. The molecule has 0 aromatic heterocycles. The van der Waals surface area contributed by atoms with Crippen LogP contribution in [0.5, 0.6) is 0 Å². The molecular formula is C12H15F3N2O2. The van der Waals surface area contributed by atoms with Gasteiger partial charge in [0.2, 0.25) is 0 Å². The molecule has 0 aliphatic carbocycles. The topological polar surface area (TPSA) is 55.6 Å². The number of carbonyl (C=O) groups is 1. The summed E-state index contributed by atoms with van der Waals surface area (Å²) in [5.74, 6) is -0.622. The third-order valence-corrected chi connectivity index (χ3v) is 2.63. The maximum Gasteiger partial charge on any atom is 0.390 e. The Kier molecular flexibility index (Phi) is 4.63. The van der Waals surface area contributed by atoms with E-state index in [2.05, 4.69) is 4.74 Å². The van der Waals surface area contributed by atoms with Gasteiger partial charge < -0.3 is 15.4 Å². The Morgan fingerprint density at radius 1 is 1.42 bits per heavy atom. The highest BCUT2D eigenvalue weighted by Crippen LogP contribution is 2.28. The van der Waals surface area contributed by atoms with Gasteiger partial charge in [-0.05, 0) is 12.1 Å². The molecule has 4 nitrogen and oxygen atoms in total. The zero-order valence-corrected chi connectivity index (χ0v) is 10.6. The molecule has 0 aliphatic rings. The number of rotatable bonds is 4. The first-order valence-corrected chi connectivity index (χ1v) is 5.51. The molecule has 7 heteroatoms. The number of nitrogens with zero attached hydrogens (tertiary/aromatic N) is 1. The SMILES string of the molecule is COC(=O)c1cccc(N(C)CCC(F)(F)F)c1N. The van der Waals surface area contributed by atoms with Crippen molar-refractivity contribution in [2.75, 3.05) is 31.3 Å². The summed E-state index contributed by atoms with van der Waals surface area (Å²) < 4.78 is 41.0. The minimum absolute atomic E-state index is 0.110. The van der Waals surface area contributed by atoms with Gasteiger partial charge in [0, 0.05) is 13.6 Å². The monoisotopic (exact) mass is 276 g/mol. The highest BCUT2D eigenvalue weighted by molar-refractivity contribution is 5.98. The number of benzene rings is 1. The Morgan fingerprint density at radius 2 is 2.05 bits per heavy atom. The second-order valence-electron chi connectivity index (χ2n) is 4.02. The second-order valence-corrected chi connectivity index (χ2v) is 4.02. The lowest BCUT2D eigenvalue weighted by Gasteiger charge is -2.22. The molecule has 0 saturated heterocycles. The molecule has 19 heavy (non-hydrogen) atoms. The summed E-state index contributed by atoms with van der Waals surface area (Å²) >= 11 is 0. The Hall–Kier alpha value is -1.92. The van der Waals surface area contributed by atoms with Crippen molar-refractivity contribution in [3.8, 4) is 0 Å². The highest BCUT2D eigenvalue weighted by Gasteiger charge is 2.27. The molecule has 0 fully saturated rings. The van der Waals surface area contributed by atoms with Crippen molar-refractivity contribution in [3.63, 3.8) is 0 Å². The van der Waals surface area contributed by atoms with Crippen LogP contribution in [-0.4, -0.2) is 32.8 Å². The van der Waals surface area contributed by atoms with Gasteiger partial charge >= 0.3 is 12.1 Å². The number of alkyl halides is 3. The Morgan fingerprint density at radius 3 is 2.58 bits per heavy atom. The molecule has 0 radical (unpaired) electrons. The van der Waals surface area contributed by atoms with E-state index in [1.54, 1.807) is 12.1 Å². The normalized spacial score (nSPS) is 11.2. The molecule has 106 valence electrons. The number of hydrogen-bond acceptors (Lipinski definition) is 4. The summed E-state index contributed by atoms with van der Waals surface area (Å²) in [6.45, 7) is -0.238. The molecule has 1 aromatic carbocycles. The van der Waals surface area contributed by atoms with Crippen molar-refractivity contribution < 1.29 is 22.7 Å². The third-order valence-electron chi connectivity index (χ3n) is 2.63. The minimum Gasteiger partial charge on any atom is -0.465 e. The van der Waals surface area contributed by atoms with Gasteiger partial charge in [-0.25, -0.2) is 4.79 Å². The van der Waals surface area contributed by atoms with E-state index in [1.807, 2.05) is 0 Å². The zero-order chi connectivity index (χ0) is 14.6. The van der Waals surface area contributed by atoms with Crippen molar-refractivity contribution >= 4 is 17.3 Å². The molecule has 0 saturated carbocycles. The average Bonchev–Trinajstić information content (AvgIpc) is 2.34. The number of nitrogens with two attached hydrogens (primary N) is 1. The lowest BCUT2D eigenvalue weighted by molar-refractivity contribution is -0.132. The first-order valence-electron chi connectivity index (χ1n) is 5.51. The van der Waals surface area contributed by atoms with E-state index in [0.29, 0.717) is 5.69 Å². The van der Waals surface area contributed by atoms with Crippen LogP contribution in [0.15, 0.2) is 18.2 Å². The van der Waals surface area contributed by atoms with E-state index >= 15 is 0 Å². The molecule has 0 spiro atoms. The van der Waals surface area contributed by atoms with Crippen LogP contribution in [0.3, 0.4) is 0 Å². The van der Waals surface area contributed by atoms with Crippen molar-refractivity contribution in [2.24, 2.45) is 0 Å². The molecule has 0 atom stereocenters. The van der Waals surface area contributed by atoms with Crippen LogP contribution in [0.1, 0.15) is 16.8 Å². The number of para-hydroxylation sites is 1. The zero-order valence-electron chi connectivity index (χ0n) is 10.6. The second kappa shape index (κ2) is 5.81. The summed E-state index contributed by atoms with van der Waals surface area (Å²) in [6, 6.07) is 4.56. The standard InChI is InChI=1S/C12H15F3N2O2/c1-17(7-6-12(13,14)15)9-5-3-4-8(10(9)16)11(18)19-2/h3-5H,6-7,16H2,1-2H3. The summed E-state index contributed by atoms with van der Waals surface area (Å²) in [5, 5.41) is 0. The van der Waals surface area contributed by atoms with Crippen LogP contribution in [0, 0.1) is 0 Å². The van der Waals surface area contributed by atoms with E-state index in [-0.39, 0.29) is 17.8 Å². The van der Waals surface area contributed by atoms with Gasteiger partial charge in [-0.15, -0.1) is 0 Å². The largest absolute Gasteiger partial charge is 0.465 e. The lowest BCUT2D eigenvalue weighted by Crippen LogP contribution is -2.25. The molecule has 0 heterocycles. The number of esters is 1. The third kappa shape index (κ3) is 4.04. The van der Waals surface area contributed by atoms with Gasteiger partial charge in [0.1, 0.15) is 0 Å². The van der Waals surface area contributed by atoms with E-state index in [4.69, 9.17) is 5.73 Å². The molecule has 1 aromatic rings.